The Morgan fingerprint density at radius 3 is 1.38 bits per heavy atom. The van der Waals surface area contributed by atoms with E-state index in [1.807, 2.05) is 33.8 Å². The lowest BCUT2D eigenvalue weighted by molar-refractivity contribution is -0.130. The molecule has 0 spiro atoms. The van der Waals surface area contributed by atoms with Gasteiger partial charge in [-0.2, -0.15) is 0 Å². The minimum absolute atomic E-state index is 0.215. The van der Waals surface area contributed by atoms with Crippen LogP contribution in [0.2, 0.25) is 0 Å². The molecule has 0 saturated carbocycles. The first-order chi connectivity index (χ1) is 23.7. The minimum Gasteiger partial charge on any atom is -0.429 e. The molecule has 0 saturated heterocycles. The second kappa shape index (κ2) is 19.5. The highest BCUT2D eigenvalue weighted by Gasteiger charge is 2.17. The van der Waals surface area contributed by atoms with Gasteiger partial charge in [0, 0.05) is 22.3 Å². The van der Waals surface area contributed by atoms with Crippen LogP contribution in [0.3, 0.4) is 0 Å². The summed E-state index contributed by atoms with van der Waals surface area (Å²) in [5, 5.41) is 0. The number of esters is 2. The Morgan fingerprint density at radius 1 is 0.480 bits per heavy atom. The van der Waals surface area contributed by atoms with Crippen LogP contribution in [-0.4, -0.2) is 24.9 Å². The predicted octanol–water partition coefficient (Wildman–Crippen LogP) is 9.89. The Hall–Kier alpha value is -6.28. The maximum absolute atomic E-state index is 12.5. The van der Waals surface area contributed by atoms with Crippen LogP contribution >= 0.6 is 0 Å². The van der Waals surface area contributed by atoms with E-state index < -0.39 is 11.9 Å². The Labute approximate surface area is 294 Å². The van der Waals surface area contributed by atoms with E-state index in [1.54, 1.807) is 92.7 Å². The molecule has 0 aliphatic heterocycles. The lowest BCUT2D eigenvalue weighted by atomic mass is 9.96. The van der Waals surface area contributed by atoms with Crippen LogP contribution in [0.15, 0.2) is 134 Å². The third-order valence-corrected chi connectivity index (χ3v) is 6.10. The van der Waals surface area contributed by atoms with Crippen LogP contribution in [0.1, 0.15) is 41.5 Å². The molecule has 0 heterocycles. The molecule has 0 N–H and O–H groups in total. The van der Waals surface area contributed by atoms with Crippen molar-refractivity contribution in [2.45, 2.75) is 41.5 Å². The maximum Gasteiger partial charge on any atom is 0.338 e. The average Bonchev–Trinajstić information content (AvgIpc) is 3.05. The monoisotopic (exact) mass is 674 g/mol. The predicted molar refractivity (Wildman–Crippen MR) is 198 cm³/mol. The first kappa shape index (κ1) is 39.9. The van der Waals surface area contributed by atoms with Crippen molar-refractivity contribution in [3.8, 4) is 56.4 Å². The van der Waals surface area contributed by atoms with Crippen LogP contribution in [-0.2, 0) is 19.2 Å². The van der Waals surface area contributed by atoms with Crippen LogP contribution in [0.5, 0.6) is 23.0 Å². The zero-order valence-electron chi connectivity index (χ0n) is 29.3. The molecule has 50 heavy (non-hydrogen) atoms. The molecule has 4 aromatic rings. The maximum atomic E-state index is 12.5. The van der Waals surface area contributed by atoms with Crippen molar-refractivity contribution in [1.29, 1.82) is 0 Å². The molecule has 0 aromatic heterocycles. The average molecular weight is 675 g/mol. The van der Waals surface area contributed by atoms with Gasteiger partial charge in [-0.25, -0.2) is 9.59 Å². The molecule has 4 rings (SSSR count). The summed E-state index contributed by atoms with van der Waals surface area (Å²) in [5.74, 6) is 0.122. The molecule has 0 unspecified atom stereocenters. The Bertz CT molecular complexity index is 1860. The van der Waals surface area contributed by atoms with Gasteiger partial charge in [-0.05, 0) is 100 Å². The SMILES string of the molecule is C=C(C)C.C=C(C)C.C=C(C)C(=O)Oc1ccc(-c2ccc(-c3ccc(-c4ccc(OC=O)cc4)cc3OC=O)cc2OC(=O)C(=C)C)cc1. The van der Waals surface area contributed by atoms with Gasteiger partial charge in [0.1, 0.15) is 23.0 Å². The van der Waals surface area contributed by atoms with Crippen LogP contribution in [0, 0.1) is 0 Å². The summed E-state index contributed by atoms with van der Waals surface area (Å²) in [6.07, 6.45) is 0. The van der Waals surface area contributed by atoms with E-state index in [1.165, 1.54) is 11.1 Å². The molecule has 0 aliphatic carbocycles. The highest BCUT2D eigenvalue weighted by atomic mass is 16.5. The number of allylic oxidation sites excluding steroid dienone is 2. The molecule has 0 aliphatic rings. The number of hydrogen-bond donors (Lipinski definition) is 0. The third kappa shape index (κ3) is 12.7. The van der Waals surface area contributed by atoms with E-state index in [4.69, 9.17) is 18.9 Å². The quantitative estimate of drug-likeness (QED) is 0.0509. The second-order valence-corrected chi connectivity index (χ2v) is 11.7. The van der Waals surface area contributed by atoms with E-state index in [2.05, 4.69) is 26.3 Å². The molecule has 8 heteroatoms. The molecule has 258 valence electrons. The van der Waals surface area contributed by atoms with Crippen molar-refractivity contribution in [3.05, 3.63) is 134 Å². The topological polar surface area (TPSA) is 105 Å². The highest BCUT2D eigenvalue weighted by Crippen LogP contribution is 2.40. The van der Waals surface area contributed by atoms with E-state index in [0.717, 1.165) is 11.1 Å². The number of carbonyl (C=O) groups is 4. The summed E-state index contributed by atoms with van der Waals surface area (Å²) in [6.45, 7) is 26.0. The molecule has 8 nitrogen and oxygen atoms in total. The molecule has 0 atom stereocenters. The van der Waals surface area contributed by atoms with E-state index in [-0.39, 0.29) is 22.6 Å². The molecular weight excluding hydrogens is 632 g/mol. The largest absolute Gasteiger partial charge is 0.429 e. The number of ether oxygens (including phenoxy) is 4. The smallest absolute Gasteiger partial charge is 0.338 e. The summed E-state index contributed by atoms with van der Waals surface area (Å²) in [5.41, 5.74) is 6.87. The van der Waals surface area contributed by atoms with Crippen molar-refractivity contribution < 1.29 is 38.1 Å². The highest BCUT2D eigenvalue weighted by molar-refractivity contribution is 5.91. The van der Waals surface area contributed by atoms with Gasteiger partial charge in [0.15, 0.2) is 0 Å². The van der Waals surface area contributed by atoms with E-state index in [0.29, 0.717) is 46.7 Å². The lowest BCUT2D eigenvalue weighted by Gasteiger charge is -2.15. The first-order valence-corrected chi connectivity index (χ1v) is 15.4. The van der Waals surface area contributed by atoms with E-state index >= 15 is 0 Å². The molecule has 0 bridgehead atoms. The van der Waals surface area contributed by atoms with E-state index in [9.17, 15) is 19.2 Å². The van der Waals surface area contributed by atoms with Crippen molar-refractivity contribution in [3.63, 3.8) is 0 Å². The van der Waals surface area contributed by atoms with Crippen molar-refractivity contribution >= 4 is 24.9 Å². The molecule has 0 radical (unpaired) electrons. The fraction of sp³-hybridized carbons (Fsp3) is 0.143. The van der Waals surface area contributed by atoms with Gasteiger partial charge in [0.25, 0.3) is 12.9 Å². The number of hydrogen-bond acceptors (Lipinski definition) is 8. The Balaban J connectivity index is 0.000000978. The van der Waals surface area contributed by atoms with Crippen LogP contribution < -0.4 is 18.9 Å². The Morgan fingerprint density at radius 2 is 0.880 bits per heavy atom. The van der Waals surface area contributed by atoms with Crippen molar-refractivity contribution in [1.82, 2.24) is 0 Å². The molecule has 0 fully saturated rings. The van der Waals surface area contributed by atoms with Crippen molar-refractivity contribution in [2.75, 3.05) is 0 Å². The van der Waals surface area contributed by atoms with Crippen molar-refractivity contribution in [2.24, 2.45) is 0 Å². The Kier molecular flexibility index (Phi) is 15.6. The van der Waals surface area contributed by atoms with Crippen LogP contribution in [0.25, 0.3) is 33.4 Å². The lowest BCUT2D eigenvalue weighted by Crippen LogP contribution is -2.09. The molecule has 4 aromatic carbocycles. The van der Waals surface area contributed by atoms with Gasteiger partial charge >= 0.3 is 11.9 Å². The minimum atomic E-state index is -0.609. The van der Waals surface area contributed by atoms with Gasteiger partial charge in [-0.15, -0.1) is 13.2 Å². The van der Waals surface area contributed by atoms with Crippen LogP contribution in [0.4, 0.5) is 0 Å². The number of carbonyl (C=O) groups excluding carboxylic acids is 4. The van der Waals surface area contributed by atoms with Gasteiger partial charge < -0.3 is 18.9 Å². The third-order valence-electron chi connectivity index (χ3n) is 6.10. The number of benzene rings is 4. The zero-order chi connectivity index (χ0) is 37.4. The fourth-order valence-electron chi connectivity index (χ4n) is 3.97. The zero-order valence-corrected chi connectivity index (χ0v) is 29.3. The standard InChI is InChI=1S/C34H26O8.2C4H8/c1-21(2)33(37)41-28-13-7-24(8-14-28)29-16-10-26(18-32(29)42-34(38)22(3)4)30-15-9-25(17-31(30)40-20-36)23-5-11-27(12-6-23)39-19-35;2*1-4(2)3/h5-20H,1,3H2,2,4H3;2*1H2,2-3H3. The number of rotatable bonds is 11. The van der Waals surface area contributed by atoms with Gasteiger partial charge in [0.2, 0.25) is 0 Å². The summed E-state index contributed by atoms with van der Waals surface area (Å²) < 4.78 is 21.1. The second-order valence-electron chi connectivity index (χ2n) is 11.7. The normalized spacial score (nSPS) is 9.64. The van der Waals surface area contributed by atoms with Gasteiger partial charge in [-0.1, -0.05) is 72.8 Å². The summed E-state index contributed by atoms with van der Waals surface area (Å²) in [4.78, 5) is 46.4. The molecule has 0 amide bonds. The van der Waals surface area contributed by atoms with Gasteiger partial charge in [0.05, 0.1) is 0 Å². The fourth-order valence-corrected chi connectivity index (χ4v) is 3.97. The first-order valence-electron chi connectivity index (χ1n) is 15.4. The summed E-state index contributed by atoms with van der Waals surface area (Å²) in [6, 6.07) is 24.1. The van der Waals surface area contributed by atoms with Gasteiger partial charge in [-0.3, -0.25) is 9.59 Å². The summed E-state index contributed by atoms with van der Waals surface area (Å²) >= 11 is 0. The molecular formula is C42H42O8. The summed E-state index contributed by atoms with van der Waals surface area (Å²) in [7, 11) is 0.